The van der Waals surface area contributed by atoms with Gasteiger partial charge in [0.05, 0.1) is 5.75 Å². The normalized spacial score (nSPS) is 19.9. The van der Waals surface area contributed by atoms with Crippen molar-refractivity contribution in [2.24, 2.45) is 5.92 Å². The van der Waals surface area contributed by atoms with Crippen LogP contribution in [0.5, 0.6) is 0 Å². The van der Waals surface area contributed by atoms with Crippen molar-refractivity contribution in [1.29, 1.82) is 0 Å². The molecule has 5 heteroatoms. The van der Waals surface area contributed by atoms with Crippen molar-refractivity contribution in [3.8, 4) is 0 Å². The predicted octanol–water partition coefficient (Wildman–Crippen LogP) is 1.54. The number of rotatable bonds is 7. The van der Waals surface area contributed by atoms with Gasteiger partial charge >= 0.3 is 0 Å². The predicted molar refractivity (Wildman–Crippen MR) is 82.1 cm³/mol. The highest BCUT2D eigenvalue weighted by Gasteiger charge is 2.20. The van der Waals surface area contributed by atoms with Gasteiger partial charge in [0.2, 0.25) is 10.0 Å². The van der Waals surface area contributed by atoms with Crippen LogP contribution in [-0.4, -0.2) is 33.8 Å². The number of nitrogens with one attached hydrogen (secondary N) is 2. The smallest absolute Gasteiger partial charge is 0.211 e. The van der Waals surface area contributed by atoms with Crippen LogP contribution < -0.4 is 10.0 Å². The Morgan fingerprint density at radius 3 is 2.75 bits per heavy atom. The Bertz CT molecular complexity index is 482. The van der Waals surface area contributed by atoms with Gasteiger partial charge in [0, 0.05) is 6.54 Å². The molecule has 0 radical (unpaired) electrons. The van der Waals surface area contributed by atoms with Gasteiger partial charge in [-0.25, -0.2) is 13.1 Å². The highest BCUT2D eigenvalue weighted by Crippen LogP contribution is 2.12. The van der Waals surface area contributed by atoms with Crippen LogP contribution in [0.1, 0.15) is 24.8 Å². The third-order valence-corrected chi connectivity index (χ3v) is 5.22. The summed E-state index contributed by atoms with van der Waals surface area (Å²) < 4.78 is 26.7. The SMILES string of the molecule is O=S(=O)(CC1CCCNC1)NCCCc1ccccc1. The Morgan fingerprint density at radius 2 is 2.05 bits per heavy atom. The Morgan fingerprint density at radius 1 is 1.25 bits per heavy atom. The molecule has 1 heterocycles. The maximum atomic E-state index is 12.0. The van der Waals surface area contributed by atoms with E-state index in [1.807, 2.05) is 18.2 Å². The zero-order valence-electron chi connectivity index (χ0n) is 11.8. The first-order valence-electron chi connectivity index (χ1n) is 7.38. The molecule has 112 valence electrons. The molecule has 2 rings (SSSR count). The number of sulfonamides is 1. The first kappa shape index (κ1) is 15.5. The summed E-state index contributed by atoms with van der Waals surface area (Å²) in [6, 6.07) is 10.2. The minimum Gasteiger partial charge on any atom is -0.316 e. The van der Waals surface area contributed by atoms with Crippen LogP contribution in [0.3, 0.4) is 0 Å². The molecule has 1 saturated heterocycles. The third kappa shape index (κ3) is 5.61. The van der Waals surface area contributed by atoms with Crippen LogP contribution in [0.25, 0.3) is 0 Å². The number of hydrogen-bond acceptors (Lipinski definition) is 3. The van der Waals surface area contributed by atoms with Crippen LogP contribution in [0.2, 0.25) is 0 Å². The molecule has 4 nitrogen and oxygen atoms in total. The van der Waals surface area contributed by atoms with E-state index in [-0.39, 0.29) is 11.7 Å². The number of hydrogen-bond donors (Lipinski definition) is 2. The van der Waals surface area contributed by atoms with Crippen molar-refractivity contribution < 1.29 is 8.42 Å². The van der Waals surface area contributed by atoms with E-state index >= 15 is 0 Å². The lowest BCUT2D eigenvalue weighted by Gasteiger charge is -2.22. The summed E-state index contributed by atoms with van der Waals surface area (Å²) in [5.74, 6) is 0.515. The summed E-state index contributed by atoms with van der Waals surface area (Å²) in [5, 5.41) is 3.25. The van der Waals surface area contributed by atoms with Crippen molar-refractivity contribution in [3.63, 3.8) is 0 Å². The van der Waals surface area contributed by atoms with Gasteiger partial charge in [-0.3, -0.25) is 0 Å². The van der Waals surface area contributed by atoms with Gasteiger partial charge in [-0.15, -0.1) is 0 Å². The minimum atomic E-state index is -3.13. The van der Waals surface area contributed by atoms with Crippen LogP contribution in [0, 0.1) is 5.92 Å². The molecule has 0 amide bonds. The van der Waals surface area contributed by atoms with Gasteiger partial charge in [0.25, 0.3) is 0 Å². The van der Waals surface area contributed by atoms with E-state index in [9.17, 15) is 8.42 Å². The second-order valence-corrected chi connectivity index (χ2v) is 7.33. The number of aryl methyl sites for hydroxylation is 1. The van der Waals surface area contributed by atoms with Crippen molar-refractivity contribution in [1.82, 2.24) is 10.0 Å². The molecule has 0 saturated carbocycles. The Hall–Kier alpha value is -0.910. The molecule has 1 aliphatic rings. The fourth-order valence-corrected chi connectivity index (χ4v) is 4.08. The van der Waals surface area contributed by atoms with Crippen molar-refractivity contribution in [2.45, 2.75) is 25.7 Å². The Labute approximate surface area is 122 Å². The molecular formula is C15H24N2O2S. The summed E-state index contributed by atoms with van der Waals surface area (Å²) in [6.45, 7) is 2.36. The van der Waals surface area contributed by atoms with E-state index in [1.54, 1.807) is 0 Å². The van der Waals surface area contributed by atoms with E-state index in [1.165, 1.54) is 5.56 Å². The van der Waals surface area contributed by atoms with Gasteiger partial charge in [-0.1, -0.05) is 30.3 Å². The standard InChI is InChI=1S/C15H24N2O2S/c18-20(19,13-15-9-4-10-16-12-15)17-11-5-8-14-6-2-1-3-7-14/h1-3,6-7,15-17H,4-5,8-13H2. The van der Waals surface area contributed by atoms with Gasteiger partial charge in [-0.2, -0.15) is 0 Å². The van der Waals surface area contributed by atoms with Crippen molar-refractivity contribution in [2.75, 3.05) is 25.4 Å². The Balaban J connectivity index is 1.67. The molecule has 20 heavy (non-hydrogen) atoms. The number of benzene rings is 1. The van der Waals surface area contributed by atoms with Gasteiger partial charge in [0.15, 0.2) is 0 Å². The number of piperidine rings is 1. The quantitative estimate of drug-likeness (QED) is 0.750. The second-order valence-electron chi connectivity index (χ2n) is 5.48. The van der Waals surface area contributed by atoms with Crippen molar-refractivity contribution in [3.05, 3.63) is 35.9 Å². The minimum absolute atomic E-state index is 0.255. The molecule has 1 aromatic carbocycles. The second kappa shape index (κ2) is 7.76. The summed E-state index contributed by atoms with van der Waals surface area (Å²) in [6.07, 6.45) is 3.84. The molecule has 0 aliphatic carbocycles. The van der Waals surface area contributed by atoms with E-state index in [2.05, 4.69) is 22.2 Å². The summed E-state index contributed by atoms with van der Waals surface area (Å²) in [4.78, 5) is 0. The fraction of sp³-hybridized carbons (Fsp3) is 0.600. The fourth-order valence-electron chi connectivity index (χ4n) is 2.60. The third-order valence-electron chi connectivity index (χ3n) is 3.66. The summed E-state index contributed by atoms with van der Waals surface area (Å²) in [5.41, 5.74) is 1.25. The van der Waals surface area contributed by atoms with Crippen molar-refractivity contribution >= 4 is 10.0 Å². The zero-order valence-corrected chi connectivity index (χ0v) is 12.7. The van der Waals surface area contributed by atoms with Crippen LogP contribution in [0.15, 0.2) is 30.3 Å². The lowest BCUT2D eigenvalue weighted by Crippen LogP contribution is -2.37. The first-order chi connectivity index (χ1) is 9.66. The lowest BCUT2D eigenvalue weighted by molar-refractivity contribution is 0.402. The monoisotopic (exact) mass is 296 g/mol. The van der Waals surface area contributed by atoms with Gasteiger partial charge < -0.3 is 5.32 Å². The molecule has 1 fully saturated rings. The molecule has 1 atom stereocenters. The van der Waals surface area contributed by atoms with E-state index in [4.69, 9.17) is 0 Å². The van der Waals surface area contributed by atoms with Crippen LogP contribution in [0.4, 0.5) is 0 Å². The molecule has 0 aromatic heterocycles. The Kier molecular flexibility index (Phi) is 6.01. The van der Waals surface area contributed by atoms with Crippen LogP contribution >= 0.6 is 0 Å². The molecule has 1 aliphatic heterocycles. The van der Waals surface area contributed by atoms with E-state index in [0.29, 0.717) is 6.54 Å². The maximum Gasteiger partial charge on any atom is 0.211 e. The average Bonchev–Trinajstić information content (AvgIpc) is 2.45. The molecule has 0 bridgehead atoms. The largest absolute Gasteiger partial charge is 0.316 e. The molecule has 1 unspecified atom stereocenters. The molecule has 2 N–H and O–H groups in total. The van der Waals surface area contributed by atoms with Gasteiger partial charge in [-0.05, 0) is 50.3 Å². The van der Waals surface area contributed by atoms with E-state index in [0.717, 1.165) is 38.8 Å². The highest BCUT2D eigenvalue weighted by atomic mass is 32.2. The molecule has 0 spiro atoms. The zero-order chi connectivity index (χ0) is 14.3. The first-order valence-corrected chi connectivity index (χ1v) is 9.03. The topological polar surface area (TPSA) is 58.2 Å². The highest BCUT2D eigenvalue weighted by molar-refractivity contribution is 7.89. The van der Waals surface area contributed by atoms with Gasteiger partial charge in [0.1, 0.15) is 0 Å². The molecule has 1 aromatic rings. The van der Waals surface area contributed by atoms with Crippen LogP contribution in [-0.2, 0) is 16.4 Å². The summed E-state index contributed by atoms with van der Waals surface area (Å²) >= 11 is 0. The van der Waals surface area contributed by atoms with E-state index < -0.39 is 10.0 Å². The summed E-state index contributed by atoms with van der Waals surface area (Å²) in [7, 11) is -3.13. The maximum absolute atomic E-state index is 12.0. The molecular weight excluding hydrogens is 272 g/mol. The lowest BCUT2D eigenvalue weighted by atomic mass is 10.0. The average molecular weight is 296 g/mol.